The minimum absolute atomic E-state index is 0.267. The van der Waals surface area contributed by atoms with E-state index in [1.807, 2.05) is 0 Å². The molecule has 0 spiro atoms. The van der Waals surface area contributed by atoms with E-state index in [0.29, 0.717) is 0 Å². The van der Waals surface area contributed by atoms with Crippen LogP contribution >= 0.6 is 0 Å². The number of unbranched alkanes of at least 4 members (excludes halogenated alkanes) is 2. The first-order valence-electron chi connectivity index (χ1n) is 6.74. The van der Waals surface area contributed by atoms with Crippen molar-refractivity contribution in [3.05, 3.63) is 0 Å². The molecule has 0 aromatic carbocycles. The largest absolute Gasteiger partial charge is 0.411 e. The highest BCUT2D eigenvalue weighted by molar-refractivity contribution is 6.26. The van der Waals surface area contributed by atoms with Gasteiger partial charge in [-0.3, -0.25) is 4.79 Å². The van der Waals surface area contributed by atoms with E-state index >= 15 is 0 Å². The lowest BCUT2D eigenvalue weighted by molar-refractivity contribution is -0.115. The number of amides is 1. The Morgan fingerprint density at radius 2 is 2.06 bits per heavy atom. The normalized spacial score (nSPS) is 25.0. The summed E-state index contributed by atoms with van der Waals surface area (Å²) in [6.07, 6.45) is 10.8. The molecule has 0 unspecified atom stereocenters. The quantitative estimate of drug-likeness (QED) is 0.324. The van der Waals surface area contributed by atoms with Gasteiger partial charge in [0.05, 0.1) is 0 Å². The van der Waals surface area contributed by atoms with Gasteiger partial charge in [-0.05, 0) is 31.6 Å². The van der Waals surface area contributed by atoms with Crippen LogP contribution < -0.4 is 5.32 Å². The Bertz CT molecular complexity index is 246. The first-order valence-corrected chi connectivity index (χ1v) is 6.74. The number of carbonyl (C=O) groups is 1. The Morgan fingerprint density at radius 3 is 2.65 bits per heavy atom. The molecule has 0 atom stereocenters. The third kappa shape index (κ3) is 5.71. The fourth-order valence-corrected chi connectivity index (χ4v) is 2.57. The molecule has 0 bridgehead atoms. The molecule has 4 heteroatoms. The summed E-state index contributed by atoms with van der Waals surface area (Å²) in [5.74, 6) is 0.558. The van der Waals surface area contributed by atoms with Crippen molar-refractivity contribution < 1.29 is 10.0 Å². The third-order valence-corrected chi connectivity index (χ3v) is 3.58. The Kier molecular flexibility index (Phi) is 6.67. The molecule has 0 saturated heterocycles. The van der Waals surface area contributed by atoms with E-state index in [1.54, 1.807) is 0 Å². The van der Waals surface area contributed by atoms with Gasteiger partial charge in [-0.2, -0.15) is 0 Å². The molecule has 4 nitrogen and oxygen atoms in total. The number of carbonyl (C=O) groups excluding carboxylic acids is 1. The van der Waals surface area contributed by atoms with Gasteiger partial charge in [0.1, 0.15) is 6.21 Å². The minimum atomic E-state index is -0.290. The summed E-state index contributed by atoms with van der Waals surface area (Å²) in [5.41, 5.74) is 0. The Labute approximate surface area is 103 Å². The summed E-state index contributed by atoms with van der Waals surface area (Å²) < 4.78 is 0. The lowest BCUT2D eigenvalue weighted by Crippen LogP contribution is -2.38. The van der Waals surface area contributed by atoms with Crippen LogP contribution in [-0.4, -0.2) is 23.4 Å². The van der Waals surface area contributed by atoms with Gasteiger partial charge in [0.15, 0.2) is 0 Å². The molecule has 1 rings (SSSR count). The monoisotopic (exact) mass is 240 g/mol. The lowest BCUT2D eigenvalue weighted by atomic mass is 9.83. The maximum Gasteiger partial charge on any atom is 0.266 e. The molecular weight excluding hydrogens is 216 g/mol. The highest BCUT2D eigenvalue weighted by Crippen LogP contribution is 2.28. The SMILES string of the molecule is CCCCCC1CCC(NC(=O)/C=N/O)CC1. The molecule has 1 aliphatic rings. The van der Waals surface area contributed by atoms with Crippen LogP contribution in [0.5, 0.6) is 0 Å². The van der Waals surface area contributed by atoms with Crippen molar-refractivity contribution in [3.8, 4) is 0 Å². The molecule has 1 fully saturated rings. The Morgan fingerprint density at radius 1 is 1.35 bits per heavy atom. The van der Waals surface area contributed by atoms with Crippen LogP contribution in [0.1, 0.15) is 58.3 Å². The topological polar surface area (TPSA) is 61.7 Å². The molecule has 0 radical (unpaired) electrons. The van der Waals surface area contributed by atoms with Gasteiger partial charge in [0, 0.05) is 6.04 Å². The van der Waals surface area contributed by atoms with Crippen molar-refractivity contribution in [2.45, 2.75) is 64.3 Å². The van der Waals surface area contributed by atoms with Crippen molar-refractivity contribution >= 4 is 12.1 Å². The molecule has 0 aliphatic heterocycles. The zero-order valence-electron chi connectivity index (χ0n) is 10.7. The first-order chi connectivity index (χ1) is 8.26. The molecule has 1 saturated carbocycles. The van der Waals surface area contributed by atoms with Gasteiger partial charge in [-0.25, -0.2) is 0 Å². The van der Waals surface area contributed by atoms with E-state index < -0.39 is 0 Å². The molecule has 17 heavy (non-hydrogen) atoms. The van der Waals surface area contributed by atoms with Crippen molar-refractivity contribution in [1.82, 2.24) is 5.32 Å². The van der Waals surface area contributed by atoms with Gasteiger partial charge in [-0.15, -0.1) is 0 Å². The van der Waals surface area contributed by atoms with Gasteiger partial charge < -0.3 is 10.5 Å². The van der Waals surface area contributed by atoms with Gasteiger partial charge >= 0.3 is 0 Å². The summed E-state index contributed by atoms with van der Waals surface area (Å²) in [7, 11) is 0. The fraction of sp³-hybridized carbons (Fsp3) is 0.846. The van der Waals surface area contributed by atoms with Crippen molar-refractivity contribution in [3.63, 3.8) is 0 Å². The minimum Gasteiger partial charge on any atom is -0.411 e. The highest BCUT2D eigenvalue weighted by atomic mass is 16.4. The van der Waals surface area contributed by atoms with E-state index in [4.69, 9.17) is 5.21 Å². The maximum atomic E-state index is 11.2. The number of oxime groups is 1. The average Bonchev–Trinajstić information content (AvgIpc) is 2.32. The second-order valence-corrected chi connectivity index (χ2v) is 4.97. The van der Waals surface area contributed by atoms with Crippen LogP contribution in [0.3, 0.4) is 0 Å². The second-order valence-electron chi connectivity index (χ2n) is 4.97. The zero-order chi connectivity index (χ0) is 12.5. The van der Waals surface area contributed by atoms with Gasteiger partial charge in [0.2, 0.25) is 0 Å². The Hall–Kier alpha value is -1.06. The molecule has 2 N–H and O–H groups in total. The first kappa shape index (κ1) is 14.0. The van der Waals surface area contributed by atoms with Crippen LogP contribution in [0, 0.1) is 5.92 Å². The standard InChI is InChI=1S/C13H24N2O2/c1-2-3-4-5-11-6-8-12(9-7-11)15-13(16)10-14-17/h10-12,17H,2-9H2,1H3,(H,15,16)/b14-10+. The zero-order valence-corrected chi connectivity index (χ0v) is 10.7. The fourth-order valence-electron chi connectivity index (χ4n) is 2.57. The smallest absolute Gasteiger partial charge is 0.266 e. The molecule has 0 aromatic rings. The van der Waals surface area contributed by atoms with E-state index in [1.165, 1.54) is 38.5 Å². The molecule has 98 valence electrons. The van der Waals surface area contributed by atoms with Crippen LogP contribution in [0.25, 0.3) is 0 Å². The van der Waals surface area contributed by atoms with Gasteiger partial charge in [0.25, 0.3) is 5.91 Å². The molecular formula is C13H24N2O2. The average molecular weight is 240 g/mol. The predicted octanol–water partition coefficient (Wildman–Crippen LogP) is 2.70. The molecule has 1 amide bonds. The summed E-state index contributed by atoms with van der Waals surface area (Å²) in [6, 6.07) is 0.267. The summed E-state index contributed by atoms with van der Waals surface area (Å²) in [6.45, 7) is 2.23. The van der Waals surface area contributed by atoms with Crippen molar-refractivity contribution in [2.75, 3.05) is 0 Å². The third-order valence-electron chi connectivity index (χ3n) is 3.58. The van der Waals surface area contributed by atoms with Crippen LogP contribution in [0.15, 0.2) is 5.16 Å². The highest BCUT2D eigenvalue weighted by Gasteiger charge is 2.21. The van der Waals surface area contributed by atoms with Crippen molar-refractivity contribution in [2.24, 2.45) is 11.1 Å². The number of hydrogen-bond donors (Lipinski definition) is 2. The summed E-state index contributed by atoms with van der Waals surface area (Å²) in [5, 5.41) is 13.8. The number of nitrogens with one attached hydrogen (secondary N) is 1. The number of hydrogen-bond acceptors (Lipinski definition) is 3. The number of nitrogens with zero attached hydrogens (tertiary/aromatic N) is 1. The van der Waals surface area contributed by atoms with E-state index in [0.717, 1.165) is 25.0 Å². The van der Waals surface area contributed by atoms with E-state index in [2.05, 4.69) is 17.4 Å². The predicted molar refractivity (Wildman–Crippen MR) is 68.3 cm³/mol. The van der Waals surface area contributed by atoms with Crippen LogP contribution in [-0.2, 0) is 4.79 Å². The van der Waals surface area contributed by atoms with Crippen LogP contribution in [0.4, 0.5) is 0 Å². The maximum absolute atomic E-state index is 11.2. The van der Waals surface area contributed by atoms with E-state index in [-0.39, 0.29) is 11.9 Å². The molecule has 0 heterocycles. The van der Waals surface area contributed by atoms with E-state index in [9.17, 15) is 4.79 Å². The molecule has 0 aromatic heterocycles. The summed E-state index contributed by atoms with van der Waals surface area (Å²) >= 11 is 0. The lowest BCUT2D eigenvalue weighted by Gasteiger charge is -2.28. The Balaban J connectivity index is 2.15. The number of rotatable bonds is 6. The summed E-state index contributed by atoms with van der Waals surface area (Å²) in [4.78, 5) is 11.2. The molecule has 1 aliphatic carbocycles. The van der Waals surface area contributed by atoms with Gasteiger partial charge in [-0.1, -0.05) is 37.8 Å². The van der Waals surface area contributed by atoms with Crippen LogP contribution in [0.2, 0.25) is 0 Å². The van der Waals surface area contributed by atoms with Crippen molar-refractivity contribution in [1.29, 1.82) is 0 Å². The second kappa shape index (κ2) is 8.09.